The van der Waals surface area contributed by atoms with Gasteiger partial charge in [-0.2, -0.15) is 4.31 Å². The van der Waals surface area contributed by atoms with Crippen LogP contribution in [0.3, 0.4) is 0 Å². The summed E-state index contributed by atoms with van der Waals surface area (Å²) >= 11 is 1.69. The standard InChI is InChI=1S/C23H26FN3O4S2/c1-18-8-9-20(32-18)16-25(15-19-5-4-14-31-19)17-23(28)26-10-12-27(13-11-26)33(29,30)22-7-3-2-6-21(22)24/h2-9,14H,10-13,15-17H2,1H3. The van der Waals surface area contributed by atoms with Gasteiger partial charge in [-0.3, -0.25) is 9.69 Å². The van der Waals surface area contributed by atoms with Crippen LogP contribution in [0.2, 0.25) is 0 Å². The van der Waals surface area contributed by atoms with Crippen molar-refractivity contribution in [2.45, 2.75) is 24.9 Å². The number of aryl methyl sites for hydroxylation is 1. The molecule has 0 spiro atoms. The topological polar surface area (TPSA) is 74.1 Å². The minimum absolute atomic E-state index is 0.0715. The van der Waals surface area contributed by atoms with Crippen molar-refractivity contribution in [2.75, 3.05) is 32.7 Å². The first kappa shape index (κ1) is 23.6. The van der Waals surface area contributed by atoms with Crippen molar-refractivity contribution in [3.05, 3.63) is 76.1 Å². The summed E-state index contributed by atoms with van der Waals surface area (Å²) in [7, 11) is -3.94. The van der Waals surface area contributed by atoms with Crippen LogP contribution in [0.4, 0.5) is 4.39 Å². The van der Waals surface area contributed by atoms with Gasteiger partial charge in [0.15, 0.2) is 0 Å². The first-order valence-electron chi connectivity index (χ1n) is 10.7. The van der Waals surface area contributed by atoms with Crippen LogP contribution in [-0.4, -0.2) is 61.2 Å². The molecule has 1 saturated heterocycles. The summed E-state index contributed by atoms with van der Waals surface area (Å²) in [6, 6.07) is 13.2. The highest BCUT2D eigenvalue weighted by molar-refractivity contribution is 7.89. The second kappa shape index (κ2) is 10.2. The number of thiophene rings is 1. The number of halogens is 1. The summed E-state index contributed by atoms with van der Waals surface area (Å²) in [6.45, 7) is 4.14. The molecule has 0 radical (unpaired) electrons. The molecule has 2 aromatic heterocycles. The van der Waals surface area contributed by atoms with Crippen molar-refractivity contribution >= 4 is 27.3 Å². The number of sulfonamides is 1. The quantitative estimate of drug-likeness (QED) is 0.483. The molecule has 0 atom stereocenters. The number of rotatable bonds is 8. The zero-order valence-corrected chi connectivity index (χ0v) is 19.9. The van der Waals surface area contributed by atoms with Crippen molar-refractivity contribution in [2.24, 2.45) is 0 Å². The van der Waals surface area contributed by atoms with E-state index in [0.717, 1.165) is 16.7 Å². The van der Waals surface area contributed by atoms with Crippen LogP contribution in [0.5, 0.6) is 0 Å². The molecular formula is C23H26FN3O4S2. The van der Waals surface area contributed by atoms with Crippen molar-refractivity contribution in [3.8, 4) is 0 Å². The molecule has 10 heteroatoms. The van der Waals surface area contributed by atoms with E-state index in [9.17, 15) is 17.6 Å². The molecule has 1 aromatic carbocycles. The van der Waals surface area contributed by atoms with Crippen LogP contribution in [0.15, 0.2) is 64.1 Å². The normalized spacial score (nSPS) is 15.3. The molecule has 3 aromatic rings. The molecule has 1 amide bonds. The van der Waals surface area contributed by atoms with Gasteiger partial charge in [-0.05, 0) is 43.3 Å². The first-order chi connectivity index (χ1) is 15.8. The zero-order valence-electron chi connectivity index (χ0n) is 18.3. The Morgan fingerprint density at radius 3 is 2.45 bits per heavy atom. The van der Waals surface area contributed by atoms with E-state index in [4.69, 9.17) is 4.42 Å². The molecule has 33 heavy (non-hydrogen) atoms. The maximum Gasteiger partial charge on any atom is 0.246 e. The largest absolute Gasteiger partial charge is 0.468 e. The Bertz CT molecular complexity index is 1190. The first-order valence-corrected chi connectivity index (χ1v) is 12.9. The fraction of sp³-hybridized carbons (Fsp3) is 0.348. The number of carbonyl (C=O) groups is 1. The van der Waals surface area contributed by atoms with Gasteiger partial charge in [-0.15, -0.1) is 11.3 Å². The maximum atomic E-state index is 14.0. The molecule has 0 saturated carbocycles. The molecule has 1 fully saturated rings. The molecule has 176 valence electrons. The van der Waals surface area contributed by atoms with E-state index in [0.29, 0.717) is 13.1 Å². The molecule has 0 N–H and O–H groups in total. The lowest BCUT2D eigenvalue weighted by atomic mass is 10.3. The number of amides is 1. The van der Waals surface area contributed by atoms with E-state index in [2.05, 4.69) is 12.1 Å². The van der Waals surface area contributed by atoms with Gasteiger partial charge in [-0.25, -0.2) is 12.8 Å². The van der Waals surface area contributed by atoms with Gasteiger partial charge in [0, 0.05) is 42.5 Å². The molecule has 0 bridgehead atoms. The number of piperazine rings is 1. The highest BCUT2D eigenvalue weighted by Gasteiger charge is 2.32. The van der Waals surface area contributed by atoms with Crippen molar-refractivity contribution in [1.82, 2.24) is 14.1 Å². The van der Waals surface area contributed by atoms with Gasteiger partial charge in [0.2, 0.25) is 15.9 Å². The van der Waals surface area contributed by atoms with E-state index in [1.807, 2.05) is 24.0 Å². The Morgan fingerprint density at radius 1 is 1.06 bits per heavy atom. The van der Waals surface area contributed by atoms with Crippen LogP contribution in [0.1, 0.15) is 15.5 Å². The lowest BCUT2D eigenvalue weighted by Gasteiger charge is -2.35. The Kier molecular flexibility index (Phi) is 7.28. The van der Waals surface area contributed by atoms with E-state index in [-0.39, 0.29) is 43.5 Å². The molecule has 1 aliphatic rings. The number of hydrogen-bond acceptors (Lipinski definition) is 6. The Morgan fingerprint density at radius 2 is 1.82 bits per heavy atom. The third-order valence-electron chi connectivity index (χ3n) is 5.54. The minimum Gasteiger partial charge on any atom is -0.468 e. The van der Waals surface area contributed by atoms with Crippen LogP contribution in [-0.2, 0) is 27.9 Å². The fourth-order valence-corrected chi connectivity index (χ4v) is 6.26. The highest BCUT2D eigenvalue weighted by Crippen LogP contribution is 2.21. The lowest BCUT2D eigenvalue weighted by Crippen LogP contribution is -2.52. The number of nitrogens with zero attached hydrogens (tertiary/aromatic N) is 3. The monoisotopic (exact) mass is 491 g/mol. The molecule has 3 heterocycles. The second-order valence-corrected chi connectivity index (χ2v) is 11.2. The van der Waals surface area contributed by atoms with E-state index >= 15 is 0 Å². The van der Waals surface area contributed by atoms with Crippen LogP contribution < -0.4 is 0 Å². The lowest BCUT2D eigenvalue weighted by molar-refractivity contribution is -0.133. The SMILES string of the molecule is Cc1ccc(CN(CC(=O)N2CCN(S(=O)(=O)c3ccccc3F)CC2)Cc2ccco2)s1. The van der Waals surface area contributed by atoms with Crippen molar-refractivity contribution < 1.29 is 22.0 Å². The second-order valence-electron chi connectivity index (χ2n) is 7.95. The number of carbonyl (C=O) groups excluding carboxylic acids is 1. The third kappa shape index (κ3) is 5.70. The number of hydrogen-bond donors (Lipinski definition) is 0. The average Bonchev–Trinajstić information content (AvgIpc) is 3.45. The fourth-order valence-electron chi connectivity index (χ4n) is 3.84. The summed E-state index contributed by atoms with van der Waals surface area (Å²) in [4.78, 5) is 18.8. The highest BCUT2D eigenvalue weighted by atomic mass is 32.2. The molecule has 0 unspecified atom stereocenters. The Balaban J connectivity index is 1.38. The van der Waals surface area contributed by atoms with Gasteiger partial charge in [0.05, 0.1) is 19.4 Å². The van der Waals surface area contributed by atoms with Crippen LogP contribution in [0, 0.1) is 12.7 Å². The van der Waals surface area contributed by atoms with Crippen molar-refractivity contribution in [3.63, 3.8) is 0 Å². The summed E-state index contributed by atoms with van der Waals surface area (Å²) in [5.41, 5.74) is 0. The third-order valence-corrected chi connectivity index (χ3v) is 8.46. The van der Waals surface area contributed by atoms with Crippen molar-refractivity contribution in [1.29, 1.82) is 0 Å². The Hall–Kier alpha value is -2.53. The zero-order chi connectivity index (χ0) is 23.4. The van der Waals surface area contributed by atoms with E-state index in [1.165, 1.54) is 27.4 Å². The van der Waals surface area contributed by atoms with Gasteiger partial charge in [0.25, 0.3) is 0 Å². The smallest absolute Gasteiger partial charge is 0.246 e. The van der Waals surface area contributed by atoms with Gasteiger partial charge < -0.3 is 9.32 Å². The van der Waals surface area contributed by atoms with Crippen LogP contribution in [0.25, 0.3) is 0 Å². The molecule has 1 aliphatic heterocycles. The Labute approximate surface area is 197 Å². The van der Waals surface area contributed by atoms with E-state index < -0.39 is 15.8 Å². The van der Waals surface area contributed by atoms with Gasteiger partial charge >= 0.3 is 0 Å². The number of benzene rings is 1. The average molecular weight is 492 g/mol. The van der Waals surface area contributed by atoms with E-state index in [1.54, 1.807) is 22.5 Å². The predicted molar refractivity (Wildman–Crippen MR) is 124 cm³/mol. The molecule has 7 nitrogen and oxygen atoms in total. The number of furan rings is 1. The molecular weight excluding hydrogens is 465 g/mol. The maximum absolute atomic E-state index is 14.0. The van der Waals surface area contributed by atoms with Gasteiger partial charge in [0.1, 0.15) is 16.5 Å². The predicted octanol–water partition coefficient (Wildman–Crippen LogP) is 3.32. The summed E-state index contributed by atoms with van der Waals surface area (Å²) in [5.74, 6) is -0.0666. The molecule has 4 rings (SSSR count). The minimum atomic E-state index is -3.94. The summed E-state index contributed by atoms with van der Waals surface area (Å²) in [5, 5.41) is 0. The summed E-state index contributed by atoms with van der Waals surface area (Å²) in [6.07, 6.45) is 1.61. The van der Waals surface area contributed by atoms with Crippen LogP contribution >= 0.6 is 11.3 Å². The molecule has 0 aliphatic carbocycles. The summed E-state index contributed by atoms with van der Waals surface area (Å²) < 4.78 is 46.4. The van der Waals surface area contributed by atoms with Gasteiger partial charge in [-0.1, -0.05) is 12.1 Å².